The van der Waals surface area contributed by atoms with Crippen LogP contribution in [0.15, 0.2) is 291 Å². The van der Waals surface area contributed by atoms with Crippen LogP contribution < -0.4 is 28.7 Å². The van der Waals surface area contributed by atoms with Gasteiger partial charge in [0.05, 0.1) is 23.5 Å². The Kier molecular flexibility index (Phi) is 29.3. The van der Waals surface area contributed by atoms with Gasteiger partial charge in [0.1, 0.15) is 28.7 Å². The Morgan fingerprint density at radius 3 is 1.13 bits per heavy atom. The summed E-state index contributed by atoms with van der Waals surface area (Å²) in [6.07, 6.45) is 7.60. The fourth-order valence-electron chi connectivity index (χ4n) is 20.0. The second kappa shape index (κ2) is 42.6. The minimum Gasteiger partial charge on any atom is -0.536 e. The summed E-state index contributed by atoms with van der Waals surface area (Å²) in [6, 6.07) is 102. The molecule has 6 aromatic heterocycles. The Balaban J connectivity index is 0.000000106. The van der Waals surface area contributed by atoms with Crippen LogP contribution in [-0.4, -0.2) is 80.7 Å². The summed E-state index contributed by atoms with van der Waals surface area (Å²) in [5.74, 6) is 4.87. The van der Waals surface area contributed by atoms with Crippen LogP contribution in [-0.2, 0) is 25.7 Å². The summed E-state index contributed by atoms with van der Waals surface area (Å²) in [4.78, 5) is 0. The normalized spacial score (nSPS) is 11.8. The molecule has 0 aliphatic carbocycles. The van der Waals surface area contributed by atoms with E-state index in [0.29, 0.717) is 40.3 Å². The molecule has 24 rings (SSSR count). The summed E-state index contributed by atoms with van der Waals surface area (Å²) >= 11 is 10.2. The second-order valence-electron chi connectivity index (χ2n) is 35.6. The lowest BCUT2D eigenvalue weighted by molar-refractivity contribution is 0.425. The maximum Gasteiger partial charge on any atom is 0.569 e. The first-order valence-corrected chi connectivity index (χ1v) is 52.0. The van der Waals surface area contributed by atoms with Gasteiger partial charge in [-0.3, -0.25) is 0 Å². The predicted octanol–water partition coefficient (Wildman–Crippen LogP) is 29.8. The van der Waals surface area contributed by atoms with Gasteiger partial charge in [-0.2, -0.15) is 0 Å². The van der Waals surface area contributed by atoms with Gasteiger partial charge in [0.25, 0.3) is 0 Å². The fraction of sp³-hybridized carbons (Fsp3) is 0.165. The van der Waals surface area contributed by atoms with Crippen LogP contribution in [0.5, 0.6) is 28.7 Å². The lowest BCUT2D eigenvalue weighted by Crippen LogP contribution is -2.34. The van der Waals surface area contributed by atoms with E-state index in [0.717, 1.165) is 155 Å². The Labute approximate surface area is 834 Å². The van der Waals surface area contributed by atoms with Crippen molar-refractivity contribution in [3.63, 3.8) is 0 Å². The highest BCUT2D eigenvalue weighted by atomic mass is 32.1. The molecule has 685 valence electrons. The van der Waals surface area contributed by atoms with Crippen LogP contribution in [0.2, 0.25) is 0 Å². The molecule has 0 aliphatic heterocycles. The maximum atomic E-state index is 10.1. The topological polar surface area (TPSA) is 188 Å². The molecule has 5 radical (unpaired) electrons. The number of hydrogen-bond acceptors (Lipinski definition) is 18. The zero-order valence-corrected chi connectivity index (χ0v) is 83.4. The Morgan fingerprint density at radius 2 is 0.647 bits per heavy atom. The summed E-state index contributed by atoms with van der Waals surface area (Å²) in [5, 5.41) is 94.7. The molecular formula is C115H99B6O12S6. The average Bonchev–Trinajstić information content (AvgIpc) is 1.61. The van der Waals surface area contributed by atoms with Crippen molar-refractivity contribution in [2.45, 2.75) is 119 Å². The summed E-state index contributed by atoms with van der Waals surface area (Å²) in [7, 11) is 2.36. The van der Waals surface area contributed by atoms with E-state index in [1.54, 1.807) is 68.0 Å². The lowest BCUT2D eigenvalue weighted by Gasteiger charge is -2.18. The van der Waals surface area contributed by atoms with Gasteiger partial charge in [-0.1, -0.05) is 306 Å². The molecule has 6 heterocycles. The minimum atomic E-state index is -1.47. The molecule has 24 aromatic rings. The zero-order valence-electron chi connectivity index (χ0n) is 78.5. The van der Waals surface area contributed by atoms with E-state index < -0.39 is 7.12 Å². The quantitative estimate of drug-likeness (QED) is 0.0338. The van der Waals surface area contributed by atoms with Crippen LogP contribution >= 0.6 is 68.0 Å². The van der Waals surface area contributed by atoms with Crippen LogP contribution in [0.3, 0.4) is 0 Å². The van der Waals surface area contributed by atoms with Gasteiger partial charge in [-0.05, 0) is 209 Å². The zero-order chi connectivity index (χ0) is 96.2. The van der Waals surface area contributed by atoms with Gasteiger partial charge in [0, 0.05) is 103 Å². The summed E-state index contributed by atoms with van der Waals surface area (Å²) in [5.41, 5.74) is 8.43. The fourth-order valence-corrected chi connectivity index (χ4v) is 27.4. The Hall–Kier alpha value is -12.1. The predicted molar refractivity (Wildman–Crippen MR) is 603 cm³/mol. The van der Waals surface area contributed by atoms with Gasteiger partial charge in [0.2, 0.25) is 0 Å². The summed E-state index contributed by atoms with van der Waals surface area (Å²) in [6.45, 7) is 19.7. The third-order valence-corrected chi connectivity index (χ3v) is 33.3. The van der Waals surface area contributed by atoms with Crippen molar-refractivity contribution < 1.29 is 58.4 Å². The van der Waals surface area contributed by atoms with Crippen LogP contribution in [0.25, 0.3) is 186 Å². The molecule has 7 N–H and O–H groups in total. The highest BCUT2D eigenvalue weighted by molar-refractivity contribution is 7.29. The Morgan fingerprint density at radius 1 is 0.288 bits per heavy atom. The summed E-state index contributed by atoms with van der Waals surface area (Å²) < 4.78 is 40.8. The first kappa shape index (κ1) is 95.8. The van der Waals surface area contributed by atoms with Crippen molar-refractivity contribution >= 4 is 305 Å². The molecule has 0 bridgehead atoms. The first-order valence-electron chi connectivity index (χ1n) is 47.1. The van der Waals surface area contributed by atoms with Crippen molar-refractivity contribution in [3.05, 3.63) is 325 Å². The molecule has 12 nitrogen and oxygen atoms in total. The van der Waals surface area contributed by atoms with E-state index in [2.05, 4.69) is 293 Å². The van der Waals surface area contributed by atoms with E-state index in [9.17, 15) is 15.1 Å². The molecule has 139 heavy (non-hydrogen) atoms. The smallest absolute Gasteiger partial charge is 0.536 e. The van der Waals surface area contributed by atoms with Gasteiger partial charge in [-0.15, -0.1) is 68.0 Å². The van der Waals surface area contributed by atoms with Crippen LogP contribution in [0.4, 0.5) is 0 Å². The van der Waals surface area contributed by atoms with Gasteiger partial charge < -0.3 is 58.4 Å². The number of fused-ring (bicyclic) bond motifs is 30. The molecule has 0 amide bonds. The largest absolute Gasteiger partial charge is 0.569 e. The molecule has 0 aliphatic rings. The van der Waals surface area contributed by atoms with Crippen molar-refractivity contribution in [1.82, 2.24) is 0 Å². The van der Waals surface area contributed by atoms with E-state index in [4.69, 9.17) is 43.4 Å². The van der Waals surface area contributed by atoms with Crippen LogP contribution in [0.1, 0.15) is 127 Å². The maximum absolute atomic E-state index is 10.1. The number of benzene rings is 18. The molecule has 18 aromatic carbocycles. The first-order chi connectivity index (χ1) is 68.0. The number of hydrogen-bond donors (Lipinski definition) is 7. The van der Waals surface area contributed by atoms with Gasteiger partial charge in [-0.25, -0.2) is 0 Å². The molecule has 1 atom stereocenters. The van der Waals surface area contributed by atoms with Crippen molar-refractivity contribution in [3.8, 4) is 28.7 Å². The number of thiophene rings is 6. The SMILES string of the molecule is CC(C)Cc1ccc2cc(O[B]O)c3sc4ccccc4c3c2c1.CC(C)c1c(B(O)O)c2sc3ccccc3c2c2ccccc12.CCC(C)c1cccc2c1cc(O[B]O)c1sc3ccccc3c12.CCCc1ccc2c(c1)cc(O[B]O)c1sc3ccccc3c12.CCCc1ccc2c(c1)sc1c(O[B]O)cc3ccccc3c12.CCc1cccc2c1sc1c(O[B]O)cc3ccccc3c12. The van der Waals surface area contributed by atoms with E-state index >= 15 is 0 Å². The molecule has 24 heteroatoms. The van der Waals surface area contributed by atoms with Crippen LogP contribution in [0, 0.1) is 5.92 Å². The molecule has 0 spiro atoms. The third-order valence-electron chi connectivity index (χ3n) is 26.1. The third kappa shape index (κ3) is 18.8. The highest BCUT2D eigenvalue weighted by Crippen LogP contribution is 2.52. The minimum absolute atomic E-state index is 0.214. The van der Waals surface area contributed by atoms with Crippen molar-refractivity contribution in [1.29, 1.82) is 0 Å². The average molecular weight is 1930 g/mol. The molecular weight excluding hydrogens is 1830 g/mol. The Bertz CT molecular complexity index is 8700. The monoisotopic (exact) mass is 1930 g/mol. The second-order valence-corrected chi connectivity index (χ2v) is 41.9. The highest BCUT2D eigenvalue weighted by Gasteiger charge is 2.29. The van der Waals surface area contributed by atoms with Crippen molar-refractivity contribution in [2.75, 3.05) is 0 Å². The molecule has 0 fully saturated rings. The molecule has 1 unspecified atom stereocenters. The molecule has 0 saturated heterocycles. The van der Waals surface area contributed by atoms with E-state index in [-0.39, 0.29) is 5.92 Å². The van der Waals surface area contributed by atoms with E-state index in [1.165, 1.54) is 153 Å². The van der Waals surface area contributed by atoms with E-state index in [1.807, 2.05) is 60.7 Å². The molecule has 0 saturated carbocycles. The number of aryl methyl sites for hydroxylation is 3. The van der Waals surface area contributed by atoms with Crippen molar-refractivity contribution in [2.24, 2.45) is 5.92 Å². The number of rotatable bonds is 21. The standard InChI is InChI=1S/2C20H18BO2S.C19H17BO2S.2C19H16BO2S.C18H14BO2S/c1-12(2)9-13-7-8-14-11-17(23-21-22)20-19(16(14)10-13)15-5-3-4-6-18(15)24-20;1-3-12(2)13-8-6-9-14-16(13)11-17(23-21-22)20-19(14)15-7-4-5-10-18(15)24-20;1-11(2)16-12-7-3-4-8-13(12)17-14-9-5-6-10-15(14)23-19(17)18(16)20(21)22;1-2-5-12-8-9-14-13(10-12)11-16(22-20-21)19-18(14)15-6-3-4-7-17(15)23-19;1-2-5-12-8-9-15-17(10-12)23-19-16(22-20-21)11-13-6-3-4-7-14(13)18(15)19;1-2-11-7-5-9-14-16-13-8-4-3-6-12(13)10-15(21-19-20)18(16)22-17(11)14/h3-8,10-12,22H,9H2,1-2H3;4-12,22H,3H2,1-2H3;3-11,21-22H,1-2H3;2*3-4,6-11,21H,2,5H2,1H3;3-10,20H,2H2,1H3. The van der Waals surface area contributed by atoms with Gasteiger partial charge >= 0.3 is 45.5 Å². The van der Waals surface area contributed by atoms with Gasteiger partial charge in [0.15, 0.2) is 0 Å². The lowest BCUT2D eigenvalue weighted by atomic mass is 9.72.